The van der Waals surface area contributed by atoms with Crippen molar-refractivity contribution in [2.24, 2.45) is 0 Å². The largest absolute Gasteiger partial charge is 0.443 e. The molecule has 2 fully saturated rings. The summed E-state index contributed by atoms with van der Waals surface area (Å²) in [7, 11) is 0. The lowest BCUT2D eigenvalue weighted by molar-refractivity contribution is -0.134. The number of hydrogen-bond donors (Lipinski definition) is 0. The Morgan fingerprint density at radius 3 is 1.01 bits per heavy atom. The van der Waals surface area contributed by atoms with Gasteiger partial charge >= 0.3 is 12.2 Å². The monoisotopic (exact) mass is 906 g/mol. The molecular formula is C58H54N2O8. The van der Waals surface area contributed by atoms with Crippen LogP contribution in [-0.4, -0.2) is 46.8 Å². The number of para-hydroxylation sites is 2. The van der Waals surface area contributed by atoms with Crippen LogP contribution in [0.4, 0.5) is 21.0 Å². The normalized spacial score (nSPS) is 23.9. The van der Waals surface area contributed by atoms with Crippen molar-refractivity contribution in [2.45, 2.75) is 100 Å². The molecule has 10 nitrogen and oxygen atoms in total. The van der Waals surface area contributed by atoms with Gasteiger partial charge in [-0.1, -0.05) is 158 Å². The molecule has 4 aliphatic rings. The Morgan fingerprint density at radius 1 is 0.426 bits per heavy atom. The number of hydrogen-bond acceptors (Lipinski definition) is 8. The smallest absolute Gasteiger partial charge is 0.421 e. The highest BCUT2D eigenvalue weighted by molar-refractivity contribution is 6.32. The van der Waals surface area contributed by atoms with E-state index < -0.39 is 57.9 Å². The van der Waals surface area contributed by atoms with Crippen molar-refractivity contribution in [1.82, 2.24) is 0 Å². The van der Waals surface area contributed by atoms with E-state index in [1.807, 2.05) is 133 Å². The third-order valence-corrected chi connectivity index (χ3v) is 13.6. The predicted molar refractivity (Wildman–Crippen MR) is 260 cm³/mol. The Hall–Kier alpha value is -7.46. The quantitative estimate of drug-likeness (QED) is 0.160. The van der Waals surface area contributed by atoms with Crippen LogP contribution in [-0.2, 0) is 39.5 Å². The van der Waals surface area contributed by atoms with Gasteiger partial charge in [-0.3, -0.25) is 19.2 Å². The molecule has 0 saturated heterocycles. The number of carbonyl (C=O) groups excluding carboxylic acids is 6. The van der Waals surface area contributed by atoms with Gasteiger partial charge in [-0.2, -0.15) is 0 Å². The van der Waals surface area contributed by atoms with Crippen LogP contribution in [0.3, 0.4) is 0 Å². The second-order valence-corrected chi connectivity index (χ2v) is 20.0. The van der Waals surface area contributed by atoms with Crippen LogP contribution in [0.5, 0.6) is 0 Å². The van der Waals surface area contributed by atoms with E-state index in [-0.39, 0.29) is 36.2 Å². The van der Waals surface area contributed by atoms with Crippen LogP contribution in [0.1, 0.15) is 111 Å². The van der Waals surface area contributed by atoms with Crippen LogP contribution in [0.15, 0.2) is 170 Å². The van der Waals surface area contributed by atoms with Crippen LogP contribution >= 0.6 is 0 Å². The minimum atomic E-state index is -1.49. The first-order valence-electron chi connectivity index (χ1n) is 23.1. The van der Waals surface area contributed by atoms with Gasteiger partial charge in [0.15, 0.2) is 11.6 Å². The summed E-state index contributed by atoms with van der Waals surface area (Å²) in [6, 6.07) is 53.3. The summed E-state index contributed by atoms with van der Waals surface area (Å²) >= 11 is 0. The van der Waals surface area contributed by atoms with E-state index in [2.05, 4.69) is 0 Å². The van der Waals surface area contributed by atoms with Crippen molar-refractivity contribution in [3.8, 4) is 0 Å². The van der Waals surface area contributed by atoms with Gasteiger partial charge in [0.05, 0.1) is 11.4 Å². The fraction of sp³-hybridized carbons (Fsp3) is 0.276. The molecule has 2 heterocycles. The Balaban J connectivity index is 0.000000170. The minimum absolute atomic E-state index is 0.168. The van der Waals surface area contributed by atoms with Crippen molar-refractivity contribution >= 4 is 46.9 Å². The lowest BCUT2D eigenvalue weighted by Crippen LogP contribution is -2.49. The van der Waals surface area contributed by atoms with E-state index >= 15 is 0 Å². The van der Waals surface area contributed by atoms with E-state index in [0.29, 0.717) is 22.5 Å². The molecule has 2 aliphatic heterocycles. The standard InChI is InChI=1S/2C29H27NO4/c2*1-28(2,3)34-27(33)30-23-17-11-10-16-22(23)29(26(30)32)24(31)18-21(19-12-6-4-7-13-19)25(29)20-14-8-5-9-15-20/h2*4-17,21,25H,18H2,1-3H3/t2*21-,25-,29+/m11/s1. The van der Waals surface area contributed by atoms with Gasteiger partial charge in [-0.05, 0) is 87.8 Å². The molecule has 0 bridgehead atoms. The molecule has 0 aromatic heterocycles. The highest BCUT2D eigenvalue weighted by atomic mass is 16.6. The molecule has 10 heteroatoms. The number of ketones is 2. The molecule has 10 rings (SSSR count). The Morgan fingerprint density at radius 2 is 0.706 bits per heavy atom. The van der Waals surface area contributed by atoms with Gasteiger partial charge in [-0.25, -0.2) is 19.4 Å². The SMILES string of the molecule is CC(C)(C)OC(=O)N1C(=O)[C@]2(C(=O)C[C@H](c3ccccc3)[C@H]2c2ccccc2)c2ccccc21.CC(C)(C)OC(=O)N1C(=O)[C@]2(C(=O)C[C@H](c3ccccc3)[C@H]2c2ccccc2)c2ccccc21. The number of anilines is 2. The molecule has 2 saturated carbocycles. The summed E-state index contributed by atoms with van der Waals surface area (Å²) in [4.78, 5) is 85.2. The van der Waals surface area contributed by atoms with Crippen LogP contribution in [0, 0.1) is 0 Å². The Kier molecular flexibility index (Phi) is 11.6. The Labute approximate surface area is 396 Å². The molecule has 2 spiro atoms. The number of fused-ring (bicyclic) bond motifs is 4. The molecule has 4 amide bonds. The minimum Gasteiger partial charge on any atom is -0.443 e. The van der Waals surface area contributed by atoms with E-state index in [1.165, 1.54) is 0 Å². The highest BCUT2D eigenvalue weighted by Crippen LogP contribution is 2.63. The third-order valence-electron chi connectivity index (χ3n) is 13.6. The van der Waals surface area contributed by atoms with Crippen LogP contribution in [0.2, 0.25) is 0 Å². The average molecular weight is 907 g/mol. The number of carbonyl (C=O) groups is 6. The fourth-order valence-corrected chi connectivity index (χ4v) is 11.1. The fourth-order valence-electron chi connectivity index (χ4n) is 11.1. The first-order valence-corrected chi connectivity index (χ1v) is 23.1. The highest BCUT2D eigenvalue weighted by Gasteiger charge is 2.69. The van der Waals surface area contributed by atoms with E-state index in [1.54, 1.807) is 77.9 Å². The van der Waals surface area contributed by atoms with Gasteiger partial charge < -0.3 is 9.47 Å². The molecule has 0 unspecified atom stereocenters. The Bertz CT molecular complexity index is 2720. The molecule has 6 aromatic rings. The average Bonchev–Trinajstić information content (AvgIpc) is 3.98. The van der Waals surface area contributed by atoms with Gasteiger partial charge in [0, 0.05) is 35.8 Å². The lowest BCUT2D eigenvalue weighted by atomic mass is 9.67. The summed E-state index contributed by atoms with van der Waals surface area (Å²) in [6.07, 6.45) is -1.09. The number of amides is 4. The van der Waals surface area contributed by atoms with Crippen molar-refractivity contribution in [2.75, 3.05) is 9.80 Å². The van der Waals surface area contributed by atoms with Gasteiger partial charge in [-0.15, -0.1) is 0 Å². The number of benzene rings is 6. The first-order chi connectivity index (χ1) is 32.5. The first kappa shape index (κ1) is 45.7. The van der Waals surface area contributed by atoms with E-state index in [4.69, 9.17) is 9.47 Å². The zero-order valence-electron chi connectivity index (χ0n) is 39.0. The summed E-state index contributed by atoms with van der Waals surface area (Å²) in [5, 5.41) is 0. The zero-order chi connectivity index (χ0) is 48.2. The molecule has 6 aromatic carbocycles. The molecule has 2 aliphatic carbocycles. The molecule has 6 atom stereocenters. The van der Waals surface area contributed by atoms with E-state index in [9.17, 15) is 28.8 Å². The third kappa shape index (κ3) is 7.52. The summed E-state index contributed by atoms with van der Waals surface area (Å²) < 4.78 is 11.2. The number of Topliss-reactive ketones (excluding diaryl/α,β-unsaturated/α-hetero) is 2. The number of nitrogens with zero attached hydrogens (tertiary/aromatic N) is 2. The zero-order valence-corrected chi connectivity index (χ0v) is 39.0. The number of rotatable bonds is 4. The van der Waals surface area contributed by atoms with Gasteiger partial charge in [0.2, 0.25) is 0 Å². The molecule has 0 N–H and O–H groups in total. The molecule has 0 radical (unpaired) electrons. The summed E-state index contributed by atoms with van der Waals surface area (Å²) in [5.74, 6) is -2.70. The molecule has 68 heavy (non-hydrogen) atoms. The second-order valence-electron chi connectivity index (χ2n) is 20.0. The van der Waals surface area contributed by atoms with Crippen LogP contribution < -0.4 is 9.80 Å². The maximum Gasteiger partial charge on any atom is 0.421 e. The molecular weight excluding hydrogens is 853 g/mol. The van der Waals surface area contributed by atoms with Crippen molar-refractivity contribution in [3.05, 3.63) is 203 Å². The van der Waals surface area contributed by atoms with E-state index in [0.717, 1.165) is 32.1 Å². The number of imide groups is 2. The maximum atomic E-state index is 14.3. The predicted octanol–water partition coefficient (Wildman–Crippen LogP) is 11.5. The van der Waals surface area contributed by atoms with Crippen LogP contribution in [0.25, 0.3) is 0 Å². The van der Waals surface area contributed by atoms with Crippen molar-refractivity contribution < 1.29 is 38.2 Å². The lowest BCUT2D eigenvalue weighted by Gasteiger charge is -2.32. The van der Waals surface area contributed by atoms with Gasteiger partial charge in [0.25, 0.3) is 11.8 Å². The summed E-state index contributed by atoms with van der Waals surface area (Å²) in [6.45, 7) is 10.5. The van der Waals surface area contributed by atoms with Crippen molar-refractivity contribution in [1.29, 1.82) is 0 Å². The molecule has 344 valence electrons. The summed E-state index contributed by atoms with van der Waals surface area (Å²) in [5.41, 5.74) is 1.24. The van der Waals surface area contributed by atoms with Gasteiger partial charge in [0.1, 0.15) is 22.0 Å². The second kappa shape index (κ2) is 17.3. The number of ether oxygens (including phenoxy) is 2. The van der Waals surface area contributed by atoms with Crippen molar-refractivity contribution in [3.63, 3.8) is 0 Å². The maximum absolute atomic E-state index is 14.3. The topological polar surface area (TPSA) is 127 Å².